The molecule has 0 aromatic heterocycles. The van der Waals surface area contributed by atoms with E-state index in [2.05, 4.69) is 0 Å². The summed E-state index contributed by atoms with van der Waals surface area (Å²) in [6.45, 7) is 8.59. The normalized spacial score (nSPS) is 12.5. The number of hydrogen-bond acceptors (Lipinski definition) is 5. The molecule has 1 unspecified atom stereocenters. The van der Waals surface area contributed by atoms with E-state index in [1.165, 1.54) is 6.92 Å². The number of carboxylic acid groups (broad SMARTS) is 1. The summed E-state index contributed by atoms with van der Waals surface area (Å²) in [7, 11) is 0. The zero-order valence-electron chi connectivity index (χ0n) is 16.1. The number of aliphatic carboxylic acids is 1. The van der Waals surface area contributed by atoms with Crippen LogP contribution >= 0.6 is 0 Å². The molecule has 0 aliphatic rings. The molecule has 0 saturated heterocycles. The molecule has 0 rings (SSSR count). The van der Waals surface area contributed by atoms with Crippen molar-refractivity contribution in [3.05, 3.63) is 0 Å². The van der Waals surface area contributed by atoms with Gasteiger partial charge in [-0.25, -0.2) is 0 Å². The van der Waals surface area contributed by atoms with Crippen molar-refractivity contribution in [3.63, 3.8) is 0 Å². The second-order valence-electron chi connectivity index (χ2n) is 5.99. The number of carbonyl (C=O) groups is 2. The van der Waals surface area contributed by atoms with Crippen molar-refractivity contribution >= 4 is 11.8 Å². The molecule has 1 atom stereocenters. The van der Waals surface area contributed by atoms with Crippen LogP contribution in [0.25, 0.3) is 0 Å². The van der Waals surface area contributed by atoms with Crippen LogP contribution in [0.5, 0.6) is 0 Å². The Kier molecular flexibility index (Phi) is 17.5. The molecule has 0 amide bonds. The minimum atomic E-state index is -1.46. The quantitative estimate of drug-likeness (QED) is 0.225. The second kappa shape index (κ2) is 16.1. The largest absolute Gasteiger partial charge is 0.481 e. The van der Waals surface area contributed by atoms with E-state index >= 15 is 0 Å². The van der Waals surface area contributed by atoms with E-state index < -0.39 is 23.6 Å². The summed E-state index contributed by atoms with van der Waals surface area (Å²) in [5.74, 6) is -4.27. The van der Waals surface area contributed by atoms with Crippen molar-refractivity contribution in [1.29, 1.82) is 0 Å². The standard InChI is InChI=1S/C18H34O6.Zr/c1-5-8-11-22-18(23-12-9-6-2,24-13-10-7-3)14-16(15(4)19)17(20)21;/h16H,5-14H2,1-4H3,(H,20,21);. The third-order valence-electron chi connectivity index (χ3n) is 3.70. The third-order valence-corrected chi connectivity index (χ3v) is 3.70. The molecule has 0 aromatic rings. The molecule has 25 heavy (non-hydrogen) atoms. The molecule has 0 fully saturated rings. The van der Waals surface area contributed by atoms with E-state index in [9.17, 15) is 14.7 Å². The summed E-state index contributed by atoms with van der Waals surface area (Å²) in [6.07, 6.45) is 5.13. The molecular weight excluding hydrogens is 403 g/mol. The van der Waals surface area contributed by atoms with Gasteiger partial charge < -0.3 is 19.3 Å². The minimum absolute atomic E-state index is 0. The van der Waals surface area contributed by atoms with E-state index in [1.54, 1.807) is 0 Å². The SMILES string of the molecule is CCCCOC(CC(C(C)=O)C(=O)O)(OCCCC)OCCCC.[Zr]. The maximum atomic E-state index is 11.7. The Bertz CT molecular complexity index is 321. The Hall–Kier alpha value is -0.0969. The summed E-state index contributed by atoms with van der Waals surface area (Å²) in [5.41, 5.74) is 0. The number of ether oxygens (including phenoxy) is 3. The number of ketones is 1. The number of carboxylic acids is 1. The fourth-order valence-electron chi connectivity index (χ4n) is 2.07. The van der Waals surface area contributed by atoms with Crippen LogP contribution in [0.15, 0.2) is 0 Å². The van der Waals surface area contributed by atoms with E-state index in [0.29, 0.717) is 19.8 Å². The Balaban J connectivity index is 0. The molecule has 1 N–H and O–H groups in total. The van der Waals surface area contributed by atoms with Crippen LogP contribution in [-0.4, -0.2) is 42.7 Å². The zero-order valence-corrected chi connectivity index (χ0v) is 18.6. The first kappa shape index (κ1) is 27.1. The Morgan fingerprint density at radius 2 is 1.24 bits per heavy atom. The van der Waals surface area contributed by atoms with Gasteiger partial charge >= 0.3 is 5.97 Å². The first-order chi connectivity index (χ1) is 11.4. The monoisotopic (exact) mass is 436 g/mol. The average Bonchev–Trinajstić information content (AvgIpc) is 2.52. The van der Waals surface area contributed by atoms with Crippen molar-refractivity contribution in [2.24, 2.45) is 5.92 Å². The van der Waals surface area contributed by atoms with Crippen LogP contribution in [-0.2, 0) is 50.0 Å². The van der Waals surface area contributed by atoms with E-state index in [1.807, 2.05) is 20.8 Å². The first-order valence-corrected chi connectivity index (χ1v) is 9.07. The van der Waals surface area contributed by atoms with E-state index in [0.717, 1.165) is 38.5 Å². The molecule has 0 aliphatic carbocycles. The average molecular weight is 438 g/mol. The van der Waals surface area contributed by atoms with Gasteiger partial charge in [0.15, 0.2) is 0 Å². The van der Waals surface area contributed by atoms with Crippen LogP contribution in [0.3, 0.4) is 0 Å². The molecular formula is C18H34O6Zr. The van der Waals surface area contributed by atoms with Crippen LogP contribution in [0.4, 0.5) is 0 Å². The summed E-state index contributed by atoms with van der Waals surface area (Å²) in [6, 6.07) is 0. The third kappa shape index (κ3) is 12.0. The van der Waals surface area contributed by atoms with Gasteiger partial charge in [0.1, 0.15) is 11.7 Å². The van der Waals surface area contributed by atoms with Crippen molar-refractivity contribution < 1.29 is 55.1 Å². The predicted molar refractivity (Wildman–Crippen MR) is 91.7 cm³/mol. The summed E-state index contributed by atoms with van der Waals surface area (Å²) < 4.78 is 17.5. The molecule has 0 bridgehead atoms. The van der Waals surface area contributed by atoms with Gasteiger partial charge in [-0.1, -0.05) is 40.0 Å². The predicted octanol–water partition coefficient (Wildman–Crippen LogP) is 3.77. The Morgan fingerprint density at radius 1 is 0.880 bits per heavy atom. The molecule has 146 valence electrons. The van der Waals surface area contributed by atoms with Crippen molar-refractivity contribution in [1.82, 2.24) is 0 Å². The fourth-order valence-corrected chi connectivity index (χ4v) is 2.07. The molecule has 0 radical (unpaired) electrons. The molecule has 0 aliphatic heterocycles. The Labute approximate surface area is 171 Å². The second-order valence-corrected chi connectivity index (χ2v) is 5.99. The van der Waals surface area contributed by atoms with Crippen molar-refractivity contribution in [2.75, 3.05) is 19.8 Å². The van der Waals surface area contributed by atoms with E-state index in [-0.39, 0.29) is 32.6 Å². The number of carbonyl (C=O) groups excluding carboxylic acids is 1. The van der Waals surface area contributed by atoms with Gasteiger partial charge in [-0.2, -0.15) is 0 Å². The maximum Gasteiger partial charge on any atom is 0.314 e. The topological polar surface area (TPSA) is 82.1 Å². The Morgan fingerprint density at radius 3 is 1.48 bits per heavy atom. The van der Waals surface area contributed by atoms with Gasteiger partial charge in [0.05, 0.1) is 19.8 Å². The molecule has 7 heteroatoms. The number of Topliss-reactive ketones (excluding diaryl/α,β-unsaturated/α-hetero) is 1. The maximum absolute atomic E-state index is 11.7. The summed E-state index contributed by atoms with van der Waals surface area (Å²) >= 11 is 0. The van der Waals surface area contributed by atoms with Crippen LogP contribution in [0.2, 0.25) is 0 Å². The van der Waals surface area contributed by atoms with Crippen LogP contribution in [0.1, 0.15) is 72.6 Å². The van der Waals surface area contributed by atoms with Crippen LogP contribution < -0.4 is 0 Å². The van der Waals surface area contributed by atoms with Crippen molar-refractivity contribution in [3.8, 4) is 0 Å². The van der Waals surface area contributed by atoms with Gasteiger partial charge in [0, 0.05) is 32.6 Å². The molecule has 0 heterocycles. The number of unbranched alkanes of at least 4 members (excludes halogenated alkanes) is 3. The van der Waals surface area contributed by atoms with Gasteiger partial charge in [0.25, 0.3) is 5.97 Å². The van der Waals surface area contributed by atoms with Gasteiger partial charge in [-0.05, 0) is 26.2 Å². The van der Waals surface area contributed by atoms with Gasteiger partial charge in [-0.3, -0.25) is 9.59 Å². The number of hydrogen-bond donors (Lipinski definition) is 1. The van der Waals surface area contributed by atoms with Gasteiger partial charge in [0.2, 0.25) is 0 Å². The first-order valence-electron chi connectivity index (χ1n) is 9.07. The van der Waals surface area contributed by atoms with Crippen LogP contribution in [0, 0.1) is 5.92 Å². The fraction of sp³-hybridized carbons (Fsp3) is 0.889. The summed E-state index contributed by atoms with van der Waals surface area (Å²) in [5, 5.41) is 9.33. The van der Waals surface area contributed by atoms with E-state index in [4.69, 9.17) is 14.2 Å². The smallest absolute Gasteiger partial charge is 0.314 e. The molecule has 0 saturated carbocycles. The molecule has 0 spiro atoms. The molecule has 6 nitrogen and oxygen atoms in total. The van der Waals surface area contributed by atoms with Gasteiger partial charge in [-0.15, -0.1) is 0 Å². The zero-order chi connectivity index (χ0) is 18.4. The number of rotatable bonds is 16. The molecule has 0 aromatic carbocycles. The van der Waals surface area contributed by atoms with Crippen molar-refractivity contribution in [2.45, 2.75) is 78.6 Å². The minimum Gasteiger partial charge on any atom is -0.481 e. The summed E-state index contributed by atoms with van der Waals surface area (Å²) in [4.78, 5) is 23.1.